The van der Waals surface area contributed by atoms with Crippen LogP contribution >= 0.6 is 11.6 Å². The molecule has 146 valence electrons. The van der Waals surface area contributed by atoms with E-state index in [0.29, 0.717) is 16.4 Å². The third-order valence-electron chi connectivity index (χ3n) is 4.57. The molecule has 1 aromatic heterocycles. The number of alkyl halides is 3. The van der Waals surface area contributed by atoms with Crippen molar-refractivity contribution in [3.05, 3.63) is 100 Å². The van der Waals surface area contributed by atoms with Gasteiger partial charge in [-0.15, -0.1) is 0 Å². The summed E-state index contributed by atoms with van der Waals surface area (Å²) in [6.45, 7) is 0.282. The van der Waals surface area contributed by atoms with E-state index in [4.69, 9.17) is 11.6 Å². The van der Waals surface area contributed by atoms with Gasteiger partial charge in [-0.1, -0.05) is 54.1 Å². The molecule has 0 unspecified atom stereocenters. The molecule has 0 saturated heterocycles. The van der Waals surface area contributed by atoms with Gasteiger partial charge in [0.05, 0.1) is 16.6 Å². The monoisotopic (exact) mass is 412 g/mol. The van der Waals surface area contributed by atoms with Crippen LogP contribution in [0.3, 0.4) is 0 Å². The molecule has 0 aliphatic rings. The van der Waals surface area contributed by atoms with Gasteiger partial charge in [0.25, 0.3) is 0 Å². The third kappa shape index (κ3) is 4.35. The minimum absolute atomic E-state index is 0.282. The van der Waals surface area contributed by atoms with Crippen molar-refractivity contribution in [3.8, 4) is 0 Å². The van der Waals surface area contributed by atoms with Gasteiger partial charge in [-0.05, 0) is 53.6 Å². The maximum atomic E-state index is 13.1. The van der Waals surface area contributed by atoms with Crippen LogP contribution in [-0.4, -0.2) is 9.55 Å². The Morgan fingerprint density at radius 1 is 0.897 bits per heavy atom. The van der Waals surface area contributed by atoms with Gasteiger partial charge in [0.15, 0.2) is 0 Å². The molecule has 4 rings (SSSR count). The van der Waals surface area contributed by atoms with E-state index in [9.17, 15) is 13.2 Å². The number of para-hydroxylation sites is 2. The summed E-state index contributed by atoms with van der Waals surface area (Å²) in [5, 5.41) is 0.652. The number of benzene rings is 3. The van der Waals surface area contributed by atoms with Gasteiger partial charge in [0.1, 0.15) is 5.82 Å². The molecule has 0 bridgehead atoms. The highest BCUT2D eigenvalue weighted by Crippen LogP contribution is 2.30. The van der Waals surface area contributed by atoms with Crippen molar-refractivity contribution < 1.29 is 13.2 Å². The molecular weight excluding hydrogens is 397 g/mol. The molecule has 3 aromatic carbocycles. The zero-order valence-corrected chi connectivity index (χ0v) is 16.0. The molecule has 0 aliphatic carbocycles. The highest BCUT2D eigenvalue weighted by molar-refractivity contribution is 6.30. The molecule has 2 nitrogen and oxygen atoms in total. The van der Waals surface area contributed by atoms with E-state index in [0.717, 1.165) is 22.7 Å². The number of hydrogen-bond donors (Lipinski definition) is 0. The van der Waals surface area contributed by atoms with Crippen LogP contribution in [0, 0.1) is 0 Å². The fourth-order valence-corrected chi connectivity index (χ4v) is 3.29. The zero-order chi connectivity index (χ0) is 20.4. The minimum Gasteiger partial charge on any atom is -0.320 e. The standard InChI is InChI=1S/C23H16ClF3N2/c24-19-11-8-16(9-12-19)10-13-22-28-20-6-1-2-7-21(20)29(22)15-17-4-3-5-18(14-17)23(25,26)27/h1-14H,15H2. The van der Waals surface area contributed by atoms with E-state index in [1.165, 1.54) is 12.1 Å². The van der Waals surface area contributed by atoms with Gasteiger partial charge in [0, 0.05) is 11.6 Å². The van der Waals surface area contributed by atoms with Crippen molar-refractivity contribution in [1.82, 2.24) is 9.55 Å². The Kier molecular flexibility index (Phi) is 5.16. The second-order valence-electron chi connectivity index (χ2n) is 6.63. The average Bonchev–Trinajstić information content (AvgIpc) is 3.05. The number of hydrogen-bond acceptors (Lipinski definition) is 1. The Balaban J connectivity index is 1.73. The first-order valence-corrected chi connectivity index (χ1v) is 9.33. The summed E-state index contributed by atoms with van der Waals surface area (Å²) in [5.41, 5.74) is 2.50. The van der Waals surface area contributed by atoms with Crippen molar-refractivity contribution in [2.45, 2.75) is 12.7 Å². The molecule has 0 spiro atoms. The number of imidazole rings is 1. The minimum atomic E-state index is -4.37. The molecule has 0 radical (unpaired) electrons. The van der Waals surface area contributed by atoms with Crippen LogP contribution in [-0.2, 0) is 12.7 Å². The van der Waals surface area contributed by atoms with Crippen LogP contribution in [0.4, 0.5) is 13.2 Å². The van der Waals surface area contributed by atoms with Gasteiger partial charge >= 0.3 is 6.18 Å². The summed E-state index contributed by atoms with van der Waals surface area (Å²) in [4.78, 5) is 4.64. The summed E-state index contributed by atoms with van der Waals surface area (Å²) in [6.07, 6.45) is -0.610. The smallest absolute Gasteiger partial charge is 0.320 e. The van der Waals surface area contributed by atoms with Crippen molar-refractivity contribution in [3.63, 3.8) is 0 Å². The highest BCUT2D eigenvalue weighted by atomic mass is 35.5. The molecule has 1 heterocycles. The molecule has 4 aromatic rings. The quantitative estimate of drug-likeness (QED) is 0.355. The van der Waals surface area contributed by atoms with Crippen molar-refractivity contribution in [2.24, 2.45) is 0 Å². The van der Waals surface area contributed by atoms with Crippen molar-refractivity contribution in [2.75, 3.05) is 0 Å². The molecule has 0 amide bonds. The van der Waals surface area contributed by atoms with E-state index in [1.807, 2.05) is 53.1 Å². The molecule has 6 heteroatoms. The van der Waals surface area contributed by atoms with E-state index in [2.05, 4.69) is 4.98 Å². The first kappa shape index (κ1) is 19.3. The fraction of sp³-hybridized carbons (Fsp3) is 0.0870. The molecule has 29 heavy (non-hydrogen) atoms. The molecule has 0 N–H and O–H groups in total. The Hall–Kier alpha value is -3.05. The van der Waals surface area contributed by atoms with Crippen LogP contribution in [0.1, 0.15) is 22.5 Å². The van der Waals surface area contributed by atoms with Crippen LogP contribution in [0.25, 0.3) is 23.2 Å². The molecule has 0 saturated carbocycles. The van der Waals surface area contributed by atoms with Crippen LogP contribution < -0.4 is 0 Å². The second-order valence-corrected chi connectivity index (χ2v) is 7.06. The van der Waals surface area contributed by atoms with Gasteiger partial charge in [0.2, 0.25) is 0 Å². The summed E-state index contributed by atoms with van der Waals surface area (Å²) < 4.78 is 41.1. The van der Waals surface area contributed by atoms with Crippen molar-refractivity contribution >= 4 is 34.8 Å². The molecule has 0 atom stereocenters. The Labute approximate surface area is 170 Å². The fourth-order valence-electron chi connectivity index (χ4n) is 3.16. The number of nitrogens with zero attached hydrogens (tertiary/aromatic N) is 2. The van der Waals surface area contributed by atoms with E-state index in [-0.39, 0.29) is 6.54 Å². The van der Waals surface area contributed by atoms with Gasteiger partial charge in [-0.3, -0.25) is 0 Å². The van der Waals surface area contributed by atoms with Crippen LogP contribution in [0.5, 0.6) is 0 Å². The van der Waals surface area contributed by atoms with Crippen LogP contribution in [0.15, 0.2) is 72.8 Å². The predicted octanol–water partition coefficient (Wildman–Crippen LogP) is 6.93. The number of halogens is 4. The van der Waals surface area contributed by atoms with Gasteiger partial charge in [-0.25, -0.2) is 4.98 Å². The van der Waals surface area contributed by atoms with Gasteiger partial charge in [-0.2, -0.15) is 13.2 Å². The zero-order valence-electron chi connectivity index (χ0n) is 15.2. The van der Waals surface area contributed by atoms with E-state index >= 15 is 0 Å². The van der Waals surface area contributed by atoms with Crippen LogP contribution in [0.2, 0.25) is 5.02 Å². The summed E-state index contributed by atoms with van der Waals surface area (Å²) >= 11 is 5.92. The Bertz CT molecular complexity index is 1170. The summed E-state index contributed by atoms with van der Waals surface area (Å²) in [5.74, 6) is 0.665. The Morgan fingerprint density at radius 2 is 1.66 bits per heavy atom. The largest absolute Gasteiger partial charge is 0.416 e. The number of aromatic nitrogens is 2. The normalized spacial score (nSPS) is 12.1. The maximum absolute atomic E-state index is 13.1. The second kappa shape index (κ2) is 7.76. The average molecular weight is 413 g/mol. The Morgan fingerprint density at radius 3 is 2.41 bits per heavy atom. The summed E-state index contributed by atoms with van der Waals surface area (Å²) in [6, 6.07) is 20.3. The molecule has 0 fully saturated rings. The van der Waals surface area contributed by atoms with E-state index < -0.39 is 11.7 Å². The maximum Gasteiger partial charge on any atom is 0.416 e. The SMILES string of the molecule is FC(F)(F)c1cccc(Cn2c(C=Cc3ccc(Cl)cc3)nc3ccccc32)c1. The summed E-state index contributed by atoms with van der Waals surface area (Å²) in [7, 11) is 0. The van der Waals surface area contributed by atoms with E-state index in [1.54, 1.807) is 18.2 Å². The lowest BCUT2D eigenvalue weighted by Gasteiger charge is -2.11. The highest BCUT2D eigenvalue weighted by Gasteiger charge is 2.30. The molecule has 0 aliphatic heterocycles. The third-order valence-corrected chi connectivity index (χ3v) is 4.83. The first-order chi connectivity index (χ1) is 13.9. The lowest BCUT2D eigenvalue weighted by atomic mass is 10.1. The van der Waals surface area contributed by atoms with Crippen molar-refractivity contribution in [1.29, 1.82) is 0 Å². The predicted molar refractivity (Wildman–Crippen MR) is 111 cm³/mol. The molecular formula is C23H16ClF3N2. The lowest BCUT2D eigenvalue weighted by molar-refractivity contribution is -0.137. The lowest BCUT2D eigenvalue weighted by Crippen LogP contribution is -2.07. The number of fused-ring (bicyclic) bond motifs is 1. The van der Waals surface area contributed by atoms with Gasteiger partial charge < -0.3 is 4.57 Å². The number of rotatable bonds is 4. The first-order valence-electron chi connectivity index (χ1n) is 8.95. The topological polar surface area (TPSA) is 17.8 Å².